The van der Waals surface area contributed by atoms with Gasteiger partial charge in [0, 0.05) is 45.5 Å². The van der Waals surface area contributed by atoms with Gasteiger partial charge in [-0.1, -0.05) is 30.3 Å². The molecule has 11 heteroatoms. The standard InChI is InChI=1S/C31H39N3O8/c1-30(2,3)42-28(37)33-31(11-14-40-15-12-31)26(35)19-23(27(32)36)17-20-5-7-21(8-6-20)22-9-10-25-24(18-22)34(13-16-39-4)29(38)41-25/h5-10,18,23H,11-17,19H2,1-4H3,(H2,32,36)(H,33,37)/t23-/m1/s1. The number of carbonyl (C=O) groups excluding carboxylic acids is 3. The number of amides is 2. The number of primary amides is 1. The summed E-state index contributed by atoms with van der Waals surface area (Å²) in [6.07, 6.45) is 0.0194. The van der Waals surface area contributed by atoms with E-state index in [4.69, 9.17) is 24.4 Å². The maximum Gasteiger partial charge on any atom is 0.420 e. The number of Topliss-reactive ketones (excluding diaryl/α,β-unsaturated/α-hetero) is 1. The minimum atomic E-state index is -1.19. The molecule has 0 radical (unpaired) electrons. The minimum absolute atomic E-state index is 0.122. The second kappa shape index (κ2) is 12.9. The Bertz CT molecular complexity index is 1480. The van der Waals surface area contributed by atoms with Crippen LogP contribution < -0.4 is 16.8 Å². The van der Waals surface area contributed by atoms with Gasteiger partial charge in [0.2, 0.25) is 5.91 Å². The van der Waals surface area contributed by atoms with E-state index in [2.05, 4.69) is 5.32 Å². The summed E-state index contributed by atoms with van der Waals surface area (Å²) in [5, 5.41) is 2.77. The molecule has 42 heavy (non-hydrogen) atoms. The second-order valence-electron chi connectivity index (χ2n) is 11.6. The number of ketones is 1. The third-order valence-corrected chi connectivity index (χ3v) is 7.41. The lowest BCUT2D eigenvalue weighted by Crippen LogP contribution is -2.58. The number of carbonyl (C=O) groups is 3. The highest BCUT2D eigenvalue weighted by atomic mass is 16.6. The van der Waals surface area contributed by atoms with Gasteiger partial charge in [0.1, 0.15) is 11.1 Å². The van der Waals surface area contributed by atoms with Crippen molar-refractivity contribution in [1.82, 2.24) is 9.88 Å². The zero-order valence-electron chi connectivity index (χ0n) is 24.6. The van der Waals surface area contributed by atoms with Crippen LogP contribution in [-0.4, -0.2) is 60.4 Å². The van der Waals surface area contributed by atoms with E-state index in [9.17, 15) is 19.2 Å². The van der Waals surface area contributed by atoms with Crippen LogP contribution in [0.1, 0.15) is 45.6 Å². The van der Waals surface area contributed by atoms with Crippen molar-refractivity contribution < 1.29 is 33.0 Å². The monoisotopic (exact) mass is 581 g/mol. The normalized spacial score (nSPS) is 15.7. The van der Waals surface area contributed by atoms with Crippen molar-refractivity contribution in [3.8, 4) is 11.1 Å². The van der Waals surface area contributed by atoms with E-state index in [-0.39, 0.29) is 31.5 Å². The van der Waals surface area contributed by atoms with Crippen LogP contribution in [0.2, 0.25) is 0 Å². The lowest BCUT2D eigenvalue weighted by molar-refractivity contribution is -0.133. The Kier molecular flexibility index (Phi) is 9.53. The predicted octanol–water partition coefficient (Wildman–Crippen LogP) is 3.59. The van der Waals surface area contributed by atoms with Crippen molar-refractivity contribution in [2.24, 2.45) is 11.7 Å². The first-order chi connectivity index (χ1) is 19.9. The summed E-state index contributed by atoms with van der Waals surface area (Å²) >= 11 is 0. The van der Waals surface area contributed by atoms with E-state index in [1.807, 2.05) is 36.4 Å². The molecule has 0 aliphatic carbocycles. The largest absolute Gasteiger partial charge is 0.444 e. The summed E-state index contributed by atoms with van der Waals surface area (Å²) < 4.78 is 22.8. The molecule has 2 heterocycles. The highest BCUT2D eigenvalue weighted by Crippen LogP contribution is 2.28. The molecule has 3 aromatic rings. The number of fused-ring (bicyclic) bond motifs is 1. The Hall–Kier alpha value is -3.96. The first-order valence-corrected chi connectivity index (χ1v) is 14.0. The molecule has 1 aromatic heterocycles. The van der Waals surface area contributed by atoms with Gasteiger partial charge in [0.25, 0.3) is 0 Å². The molecule has 226 valence electrons. The topological polar surface area (TPSA) is 152 Å². The Morgan fingerprint density at radius 1 is 1.07 bits per heavy atom. The second-order valence-corrected chi connectivity index (χ2v) is 11.6. The smallest absolute Gasteiger partial charge is 0.420 e. The van der Waals surface area contributed by atoms with Gasteiger partial charge in [-0.15, -0.1) is 0 Å². The van der Waals surface area contributed by atoms with Crippen molar-refractivity contribution >= 4 is 28.9 Å². The fraction of sp³-hybridized carbons (Fsp3) is 0.484. The van der Waals surface area contributed by atoms with E-state index < -0.39 is 34.8 Å². The van der Waals surface area contributed by atoms with Crippen LogP contribution in [0.5, 0.6) is 0 Å². The Balaban J connectivity index is 1.49. The molecule has 2 aromatic carbocycles. The Morgan fingerprint density at radius 3 is 2.36 bits per heavy atom. The van der Waals surface area contributed by atoms with Crippen LogP contribution in [0.4, 0.5) is 4.79 Å². The van der Waals surface area contributed by atoms with E-state index in [1.54, 1.807) is 33.9 Å². The van der Waals surface area contributed by atoms with Crippen molar-refractivity contribution in [3.63, 3.8) is 0 Å². The number of aromatic nitrogens is 1. The maximum absolute atomic E-state index is 13.6. The summed E-state index contributed by atoms with van der Waals surface area (Å²) in [6.45, 7) is 6.60. The molecule has 1 atom stereocenters. The number of oxazole rings is 1. The van der Waals surface area contributed by atoms with Crippen molar-refractivity contribution in [1.29, 1.82) is 0 Å². The van der Waals surface area contributed by atoms with E-state index in [0.717, 1.165) is 16.7 Å². The maximum atomic E-state index is 13.6. The number of rotatable bonds is 11. The molecule has 11 nitrogen and oxygen atoms in total. The number of nitrogens with one attached hydrogen (secondary N) is 1. The average Bonchev–Trinajstić information content (AvgIpc) is 3.25. The highest BCUT2D eigenvalue weighted by molar-refractivity contribution is 5.94. The number of hydrogen-bond acceptors (Lipinski definition) is 8. The molecule has 0 saturated carbocycles. The molecule has 2 amide bonds. The quantitative estimate of drug-likeness (QED) is 0.349. The molecule has 1 fully saturated rings. The number of nitrogens with zero attached hydrogens (tertiary/aromatic N) is 1. The Morgan fingerprint density at radius 2 is 1.74 bits per heavy atom. The average molecular weight is 582 g/mol. The third kappa shape index (κ3) is 7.46. The minimum Gasteiger partial charge on any atom is -0.444 e. The number of alkyl carbamates (subject to hydrolysis) is 1. The van der Waals surface area contributed by atoms with Gasteiger partial charge in [-0.3, -0.25) is 14.2 Å². The zero-order valence-corrected chi connectivity index (χ0v) is 24.6. The van der Waals surface area contributed by atoms with Crippen LogP contribution in [0.3, 0.4) is 0 Å². The molecule has 1 aliphatic rings. The molecular formula is C31H39N3O8. The third-order valence-electron chi connectivity index (χ3n) is 7.41. The summed E-state index contributed by atoms with van der Waals surface area (Å²) in [7, 11) is 1.57. The van der Waals surface area contributed by atoms with Crippen LogP contribution >= 0.6 is 0 Å². The summed E-state index contributed by atoms with van der Waals surface area (Å²) in [6, 6.07) is 13.1. The van der Waals surface area contributed by atoms with E-state index in [1.165, 1.54) is 4.57 Å². The van der Waals surface area contributed by atoms with Gasteiger partial charge < -0.3 is 29.7 Å². The van der Waals surface area contributed by atoms with Crippen LogP contribution in [0.25, 0.3) is 22.2 Å². The molecular weight excluding hydrogens is 542 g/mol. The molecule has 3 N–H and O–H groups in total. The summed E-state index contributed by atoms with van der Waals surface area (Å²) in [5.74, 6) is -2.07. The summed E-state index contributed by atoms with van der Waals surface area (Å²) in [4.78, 5) is 50.9. The van der Waals surface area contributed by atoms with Crippen LogP contribution in [-0.2, 0) is 36.8 Å². The van der Waals surface area contributed by atoms with Gasteiger partial charge in [-0.2, -0.15) is 0 Å². The van der Waals surface area contributed by atoms with E-state index in [0.29, 0.717) is 37.5 Å². The molecule has 1 saturated heterocycles. The van der Waals surface area contributed by atoms with Gasteiger partial charge in [0.15, 0.2) is 11.4 Å². The number of nitrogens with two attached hydrogens (primary N) is 1. The number of ether oxygens (including phenoxy) is 3. The van der Waals surface area contributed by atoms with Gasteiger partial charge >= 0.3 is 11.8 Å². The highest BCUT2D eigenvalue weighted by Gasteiger charge is 2.43. The SMILES string of the molecule is COCCn1c(=O)oc2ccc(-c3ccc(C[C@H](CC(=O)C4(NC(=O)OC(C)(C)C)CCOCC4)C(N)=O)cc3)cc21. The fourth-order valence-electron chi connectivity index (χ4n) is 5.14. The lowest BCUT2D eigenvalue weighted by atomic mass is 9.80. The molecule has 0 unspecified atom stereocenters. The van der Waals surface area contributed by atoms with Crippen LogP contribution in [0, 0.1) is 5.92 Å². The number of hydrogen-bond donors (Lipinski definition) is 2. The first kappa shape index (κ1) is 31.0. The van der Waals surface area contributed by atoms with Crippen molar-refractivity contribution in [3.05, 3.63) is 58.6 Å². The first-order valence-electron chi connectivity index (χ1n) is 14.0. The molecule has 0 bridgehead atoms. The van der Waals surface area contributed by atoms with Crippen molar-refractivity contribution in [2.45, 2.75) is 64.1 Å². The fourth-order valence-corrected chi connectivity index (χ4v) is 5.14. The van der Waals surface area contributed by atoms with Gasteiger partial charge in [-0.05, 0) is 56.0 Å². The lowest BCUT2D eigenvalue weighted by Gasteiger charge is -2.37. The zero-order chi connectivity index (χ0) is 30.5. The predicted molar refractivity (Wildman–Crippen MR) is 156 cm³/mol. The van der Waals surface area contributed by atoms with Crippen molar-refractivity contribution in [2.75, 3.05) is 26.9 Å². The number of benzene rings is 2. The van der Waals surface area contributed by atoms with Gasteiger partial charge in [0.05, 0.1) is 18.7 Å². The molecule has 4 rings (SSSR count). The van der Waals surface area contributed by atoms with E-state index >= 15 is 0 Å². The molecule has 0 spiro atoms. The summed E-state index contributed by atoms with van der Waals surface area (Å²) in [5.41, 5.74) is 7.62. The van der Waals surface area contributed by atoms with Crippen LogP contribution in [0.15, 0.2) is 51.7 Å². The molecule has 1 aliphatic heterocycles. The Labute approximate surface area is 244 Å². The number of methoxy groups -OCH3 is 1. The van der Waals surface area contributed by atoms with Gasteiger partial charge in [-0.25, -0.2) is 9.59 Å².